The van der Waals surface area contributed by atoms with Gasteiger partial charge in [0, 0.05) is 19.0 Å². The zero-order chi connectivity index (χ0) is 14.2. The van der Waals surface area contributed by atoms with Crippen molar-refractivity contribution in [1.29, 1.82) is 0 Å². The monoisotopic (exact) mass is 421 g/mol. The summed E-state index contributed by atoms with van der Waals surface area (Å²) in [6.45, 7) is 2.03. The minimum Gasteiger partial charge on any atom is -0.320 e. The number of aryl methyl sites for hydroxylation is 1. The highest BCUT2D eigenvalue weighted by molar-refractivity contribution is 9.11. The van der Waals surface area contributed by atoms with Gasteiger partial charge in [-0.3, -0.25) is 0 Å². The zero-order valence-corrected chi connectivity index (χ0v) is 14.7. The van der Waals surface area contributed by atoms with Gasteiger partial charge in [-0.25, -0.2) is 0 Å². The molecular formula is C14H11Br2Cl2N. The van der Waals surface area contributed by atoms with Crippen molar-refractivity contribution in [2.75, 3.05) is 0 Å². The highest BCUT2D eigenvalue weighted by Gasteiger charge is 2.16. The summed E-state index contributed by atoms with van der Waals surface area (Å²) in [5, 5.41) is 1.17. The summed E-state index contributed by atoms with van der Waals surface area (Å²) >= 11 is 19.2. The summed E-state index contributed by atoms with van der Waals surface area (Å²) in [7, 11) is 0. The molecule has 0 fully saturated rings. The van der Waals surface area contributed by atoms with E-state index < -0.39 is 0 Å². The standard InChI is InChI=1S/C14H11Br2Cl2N/c1-7-4-12(16)10(6-11(7)15)14(19)9-3-2-8(17)5-13(9)18/h2-6,14H,19H2,1H3. The Bertz CT molecular complexity index is 629. The Labute approximate surface area is 139 Å². The van der Waals surface area contributed by atoms with Crippen LogP contribution in [0.3, 0.4) is 0 Å². The lowest BCUT2D eigenvalue weighted by Crippen LogP contribution is -2.13. The second-order valence-corrected chi connectivity index (χ2v) is 6.82. The van der Waals surface area contributed by atoms with E-state index in [4.69, 9.17) is 28.9 Å². The van der Waals surface area contributed by atoms with Crippen LogP contribution in [-0.2, 0) is 0 Å². The molecule has 1 unspecified atom stereocenters. The Hall–Kier alpha value is -0.0600. The first-order valence-electron chi connectivity index (χ1n) is 5.56. The van der Waals surface area contributed by atoms with Gasteiger partial charge in [0.25, 0.3) is 0 Å². The minimum absolute atomic E-state index is 0.309. The number of benzene rings is 2. The maximum atomic E-state index is 6.31. The van der Waals surface area contributed by atoms with Gasteiger partial charge >= 0.3 is 0 Å². The number of hydrogen-bond donors (Lipinski definition) is 1. The smallest absolute Gasteiger partial charge is 0.0578 e. The molecule has 1 nitrogen and oxygen atoms in total. The molecule has 100 valence electrons. The summed E-state index contributed by atoms with van der Waals surface area (Å²) in [6, 6.07) is 9.08. The molecule has 0 aromatic heterocycles. The Balaban J connectivity index is 2.49. The van der Waals surface area contributed by atoms with Gasteiger partial charge in [-0.1, -0.05) is 61.1 Å². The molecule has 0 amide bonds. The van der Waals surface area contributed by atoms with Crippen LogP contribution in [0.1, 0.15) is 22.7 Å². The fourth-order valence-electron chi connectivity index (χ4n) is 1.82. The molecule has 19 heavy (non-hydrogen) atoms. The quantitative estimate of drug-likeness (QED) is 0.641. The molecule has 0 aliphatic carbocycles. The predicted octanol–water partition coefficient (Wildman–Crippen LogP) is 5.87. The summed E-state index contributed by atoms with van der Waals surface area (Å²) in [4.78, 5) is 0. The normalized spacial score (nSPS) is 12.5. The third-order valence-electron chi connectivity index (χ3n) is 2.91. The van der Waals surface area contributed by atoms with Crippen molar-refractivity contribution in [3.05, 3.63) is 66.0 Å². The van der Waals surface area contributed by atoms with Crippen LogP contribution in [-0.4, -0.2) is 0 Å². The first-order chi connectivity index (χ1) is 8.90. The molecule has 0 aliphatic heterocycles. The lowest BCUT2D eigenvalue weighted by Gasteiger charge is -2.17. The number of hydrogen-bond acceptors (Lipinski definition) is 1. The number of rotatable bonds is 2. The average Bonchev–Trinajstić information content (AvgIpc) is 2.33. The van der Waals surface area contributed by atoms with Gasteiger partial charge in [0.05, 0.1) is 6.04 Å². The number of nitrogens with two attached hydrogens (primary N) is 1. The molecule has 1 atom stereocenters. The molecule has 2 aromatic rings. The fraction of sp³-hybridized carbons (Fsp3) is 0.143. The van der Waals surface area contributed by atoms with E-state index in [-0.39, 0.29) is 6.04 Å². The van der Waals surface area contributed by atoms with Crippen molar-refractivity contribution in [3.8, 4) is 0 Å². The third kappa shape index (κ3) is 3.34. The van der Waals surface area contributed by atoms with Crippen molar-refractivity contribution >= 4 is 55.1 Å². The van der Waals surface area contributed by atoms with Crippen molar-refractivity contribution in [3.63, 3.8) is 0 Å². The highest BCUT2D eigenvalue weighted by atomic mass is 79.9. The van der Waals surface area contributed by atoms with Gasteiger partial charge < -0.3 is 5.73 Å². The third-order valence-corrected chi connectivity index (χ3v) is 5.01. The molecule has 0 aliphatic rings. The molecular weight excluding hydrogens is 413 g/mol. The molecule has 2 aromatic carbocycles. The first-order valence-corrected chi connectivity index (χ1v) is 7.90. The van der Waals surface area contributed by atoms with Gasteiger partial charge in [0.15, 0.2) is 0 Å². The van der Waals surface area contributed by atoms with E-state index in [1.165, 1.54) is 0 Å². The van der Waals surface area contributed by atoms with Crippen LogP contribution in [0, 0.1) is 6.92 Å². The maximum Gasteiger partial charge on any atom is 0.0578 e. The van der Waals surface area contributed by atoms with Crippen LogP contribution in [0.15, 0.2) is 39.3 Å². The Morgan fingerprint density at radius 2 is 1.68 bits per heavy atom. The van der Waals surface area contributed by atoms with E-state index >= 15 is 0 Å². The van der Waals surface area contributed by atoms with Gasteiger partial charge in [-0.2, -0.15) is 0 Å². The van der Waals surface area contributed by atoms with E-state index in [0.29, 0.717) is 10.0 Å². The van der Waals surface area contributed by atoms with Crippen molar-refractivity contribution in [2.24, 2.45) is 5.73 Å². The molecule has 2 N–H and O–H groups in total. The minimum atomic E-state index is -0.309. The number of halogens is 4. The zero-order valence-electron chi connectivity index (χ0n) is 10.1. The van der Waals surface area contributed by atoms with E-state index in [1.54, 1.807) is 12.1 Å². The topological polar surface area (TPSA) is 26.0 Å². The van der Waals surface area contributed by atoms with Gasteiger partial charge in [0.1, 0.15) is 0 Å². The van der Waals surface area contributed by atoms with E-state index in [0.717, 1.165) is 25.6 Å². The largest absolute Gasteiger partial charge is 0.320 e. The van der Waals surface area contributed by atoms with Crippen LogP contribution in [0.4, 0.5) is 0 Å². The molecule has 5 heteroatoms. The summed E-state index contributed by atoms with van der Waals surface area (Å²) < 4.78 is 1.98. The second kappa shape index (κ2) is 6.15. The van der Waals surface area contributed by atoms with Crippen LogP contribution in [0.5, 0.6) is 0 Å². The first kappa shape index (κ1) is 15.3. The van der Waals surface area contributed by atoms with Crippen molar-refractivity contribution in [2.45, 2.75) is 13.0 Å². The van der Waals surface area contributed by atoms with Crippen molar-refractivity contribution < 1.29 is 0 Å². The molecule has 0 heterocycles. The maximum absolute atomic E-state index is 6.31. The fourth-order valence-corrected chi connectivity index (χ4v) is 3.41. The molecule has 0 saturated heterocycles. The Morgan fingerprint density at radius 1 is 1.00 bits per heavy atom. The van der Waals surface area contributed by atoms with E-state index in [1.807, 2.05) is 25.1 Å². The van der Waals surface area contributed by atoms with E-state index in [2.05, 4.69) is 31.9 Å². The van der Waals surface area contributed by atoms with Crippen LogP contribution >= 0.6 is 55.1 Å². The van der Waals surface area contributed by atoms with Gasteiger partial charge in [-0.05, 0) is 47.9 Å². The molecule has 0 saturated carbocycles. The highest BCUT2D eigenvalue weighted by Crippen LogP contribution is 2.34. The van der Waals surface area contributed by atoms with Crippen molar-refractivity contribution in [1.82, 2.24) is 0 Å². The lowest BCUT2D eigenvalue weighted by molar-refractivity contribution is 0.864. The second-order valence-electron chi connectivity index (χ2n) is 4.27. The Kier molecular flexibility index (Phi) is 4.96. The predicted molar refractivity (Wildman–Crippen MR) is 89.1 cm³/mol. The summed E-state index contributed by atoms with van der Waals surface area (Å²) in [5.41, 5.74) is 9.28. The molecule has 2 rings (SSSR count). The SMILES string of the molecule is Cc1cc(Br)c(C(N)c2ccc(Cl)cc2Cl)cc1Br. The van der Waals surface area contributed by atoms with Crippen LogP contribution < -0.4 is 5.73 Å². The van der Waals surface area contributed by atoms with Gasteiger partial charge in [0.2, 0.25) is 0 Å². The average molecular weight is 424 g/mol. The molecule has 0 bridgehead atoms. The molecule has 0 radical (unpaired) electrons. The summed E-state index contributed by atoms with van der Waals surface area (Å²) in [6.07, 6.45) is 0. The van der Waals surface area contributed by atoms with Gasteiger partial charge in [-0.15, -0.1) is 0 Å². The van der Waals surface area contributed by atoms with Crippen LogP contribution in [0.25, 0.3) is 0 Å². The molecule has 0 spiro atoms. The lowest BCUT2D eigenvalue weighted by atomic mass is 9.99. The van der Waals surface area contributed by atoms with E-state index in [9.17, 15) is 0 Å². The Morgan fingerprint density at radius 3 is 2.32 bits per heavy atom. The summed E-state index contributed by atoms with van der Waals surface area (Å²) in [5.74, 6) is 0. The van der Waals surface area contributed by atoms with Crippen LogP contribution in [0.2, 0.25) is 10.0 Å².